The molecule has 2 rings (SSSR count). The van der Waals surface area contributed by atoms with E-state index in [9.17, 15) is 9.50 Å². The van der Waals surface area contributed by atoms with Crippen LogP contribution in [-0.4, -0.2) is 18.2 Å². The second-order valence-electron chi connectivity index (χ2n) is 6.89. The molecular weight excluding hydrogens is 253 g/mol. The minimum absolute atomic E-state index is 0.289. The molecule has 0 bridgehead atoms. The van der Waals surface area contributed by atoms with Crippen LogP contribution in [0.3, 0.4) is 0 Å². The molecule has 0 aliphatic heterocycles. The number of rotatable bonds is 3. The van der Waals surface area contributed by atoms with Gasteiger partial charge in [0.15, 0.2) is 0 Å². The van der Waals surface area contributed by atoms with E-state index in [1.165, 1.54) is 25.0 Å². The molecule has 1 atom stereocenters. The van der Waals surface area contributed by atoms with Crippen LogP contribution in [0.4, 0.5) is 10.1 Å². The summed E-state index contributed by atoms with van der Waals surface area (Å²) in [5, 5.41) is 9.87. The van der Waals surface area contributed by atoms with Crippen LogP contribution >= 0.6 is 0 Å². The van der Waals surface area contributed by atoms with Crippen LogP contribution in [0.1, 0.15) is 58.1 Å². The molecule has 1 aliphatic carbocycles. The molecule has 1 aliphatic rings. The van der Waals surface area contributed by atoms with E-state index in [0.29, 0.717) is 17.0 Å². The van der Waals surface area contributed by atoms with E-state index in [1.54, 1.807) is 13.0 Å². The highest BCUT2D eigenvalue weighted by atomic mass is 19.1. The maximum Gasteiger partial charge on any atom is 0.123 e. The highest BCUT2D eigenvalue weighted by molar-refractivity contribution is 5.55. The van der Waals surface area contributed by atoms with Gasteiger partial charge in [0.25, 0.3) is 0 Å². The van der Waals surface area contributed by atoms with Gasteiger partial charge in [0.2, 0.25) is 0 Å². The number of anilines is 1. The molecule has 3 heteroatoms. The summed E-state index contributed by atoms with van der Waals surface area (Å²) < 4.78 is 13.4. The van der Waals surface area contributed by atoms with E-state index >= 15 is 0 Å². The quantitative estimate of drug-likeness (QED) is 0.892. The molecule has 1 saturated carbocycles. The first-order chi connectivity index (χ1) is 9.30. The second kappa shape index (κ2) is 5.72. The van der Waals surface area contributed by atoms with Crippen molar-refractivity contribution >= 4 is 5.69 Å². The number of aliphatic hydroxyl groups is 1. The fourth-order valence-corrected chi connectivity index (χ4v) is 3.15. The zero-order chi connectivity index (χ0) is 14.9. The summed E-state index contributed by atoms with van der Waals surface area (Å²) in [6.07, 6.45) is 4.09. The minimum atomic E-state index is -0.650. The van der Waals surface area contributed by atoms with Crippen molar-refractivity contribution in [1.29, 1.82) is 0 Å². The summed E-state index contributed by atoms with van der Waals surface area (Å²) in [6, 6.07) is 5.19. The number of hydrogen-bond acceptors (Lipinski definition) is 2. The Kier molecular flexibility index (Phi) is 4.38. The van der Waals surface area contributed by atoms with Crippen LogP contribution < -0.4 is 4.90 Å². The Morgan fingerprint density at radius 1 is 1.30 bits per heavy atom. The predicted molar refractivity (Wildman–Crippen MR) is 81.5 cm³/mol. The van der Waals surface area contributed by atoms with Gasteiger partial charge in [0.05, 0.1) is 6.10 Å². The lowest BCUT2D eigenvalue weighted by molar-refractivity contribution is 0.197. The smallest absolute Gasteiger partial charge is 0.123 e. The molecule has 1 fully saturated rings. The zero-order valence-electron chi connectivity index (χ0n) is 13.0. The van der Waals surface area contributed by atoms with E-state index in [2.05, 4.69) is 25.8 Å². The van der Waals surface area contributed by atoms with Gasteiger partial charge in [-0.15, -0.1) is 0 Å². The van der Waals surface area contributed by atoms with Gasteiger partial charge in [0.1, 0.15) is 5.82 Å². The molecule has 20 heavy (non-hydrogen) atoms. The highest BCUT2D eigenvalue weighted by Gasteiger charge is 2.29. The van der Waals surface area contributed by atoms with Gasteiger partial charge in [-0.05, 0) is 56.2 Å². The van der Waals surface area contributed by atoms with Gasteiger partial charge in [-0.2, -0.15) is 0 Å². The Morgan fingerprint density at radius 3 is 2.45 bits per heavy atom. The van der Waals surface area contributed by atoms with E-state index in [-0.39, 0.29) is 5.82 Å². The van der Waals surface area contributed by atoms with Gasteiger partial charge in [-0.3, -0.25) is 0 Å². The Morgan fingerprint density at radius 2 is 1.90 bits per heavy atom. The first-order valence-electron chi connectivity index (χ1n) is 7.50. The van der Waals surface area contributed by atoms with Gasteiger partial charge >= 0.3 is 0 Å². The SMILES string of the molecule is C[C@H](O)c1cc(F)ccc1N(C)C1CCC(C)(C)CC1. The maximum absolute atomic E-state index is 13.4. The largest absolute Gasteiger partial charge is 0.389 e. The summed E-state index contributed by atoms with van der Waals surface area (Å²) in [5.41, 5.74) is 2.07. The summed E-state index contributed by atoms with van der Waals surface area (Å²) in [4.78, 5) is 2.22. The molecule has 112 valence electrons. The molecular formula is C17H26FNO. The van der Waals surface area contributed by atoms with Crippen LogP contribution in [0.25, 0.3) is 0 Å². The predicted octanol–water partition coefficient (Wildman–Crippen LogP) is 4.28. The lowest BCUT2D eigenvalue weighted by Gasteiger charge is -2.40. The average Bonchev–Trinajstić information content (AvgIpc) is 2.37. The normalized spacial score (nSPS) is 20.7. The van der Waals surface area contributed by atoms with E-state index < -0.39 is 6.10 Å². The lowest BCUT2D eigenvalue weighted by atomic mass is 9.75. The molecule has 1 aromatic rings. The second-order valence-corrected chi connectivity index (χ2v) is 6.89. The standard InChI is InChI=1S/C17H26FNO/c1-12(20)15-11-13(18)5-6-16(15)19(4)14-7-9-17(2,3)10-8-14/h5-6,11-12,14,20H,7-10H2,1-4H3/t12-/m0/s1. The molecule has 0 aromatic heterocycles. The van der Waals surface area contributed by atoms with Gasteiger partial charge in [-0.25, -0.2) is 4.39 Å². The number of nitrogens with zero attached hydrogens (tertiary/aromatic N) is 1. The number of aliphatic hydroxyl groups excluding tert-OH is 1. The van der Waals surface area contributed by atoms with Crippen molar-refractivity contribution in [3.05, 3.63) is 29.6 Å². The van der Waals surface area contributed by atoms with Crippen molar-refractivity contribution in [3.8, 4) is 0 Å². The summed E-state index contributed by atoms with van der Waals surface area (Å²) in [7, 11) is 2.06. The Labute approximate surface area is 121 Å². The Balaban J connectivity index is 2.19. The van der Waals surface area contributed by atoms with Gasteiger partial charge in [0, 0.05) is 24.3 Å². The third kappa shape index (κ3) is 3.32. The molecule has 0 saturated heterocycles. The molecule has 0 spiro atoms. The van der Waals surface area contributed by atoms with Gasteiger partial charge < -0.3 is 10.0 Å². The van der Waals surface area contributed by atoms with Crippen molar-refractivity contribution < 1.29 is 9.50 Å². The van der Waals surface area contributed by atoms with Crippen LogP contribution in [-0.2, 0) is 0 Å². The number of benzene rings is 1. The van der Waals surface area contributed by atoms with Crippen molar-refractivity contribution in [2.24, 2.45) is 5.41 Å². The summed E-state index contributed by atoms with van der Waals surface area (Å²) in [5.74, 6) is -0.289. The highest BCUT2D eigenvalue weighted by Crippen LogP contribution is 2.38. The lowest BCUT2D eigenvalue weighted by Crippen LogP contribution is -2.37. The van der Waals surface area contributed by atoms with Crippen molar-refractivity contribution in [2.45, 2.75) is 58.6 Å². The Hall–Kier alpha value is -1.09. The van der Waals surface area contributed by atoms with Crippen LogP contribution in [0.15, 0.2) is 18.2 Å². The topological polar surface area (TPSA) is 23.5 Å². The summed E-state index contributed by atoms with van der Waals surface area (Å²) in [6.45, 7) is 6.33. The van der Waals surface area contributed by atoms with E-state index in [1.807, 2.05) is 0 Å². The van der Waals surface area contributed by atoms with Crippen molar-refractivity contribution in [3.63, 3.8) is 0 Å². The van der Waals surface area contributed by atoms with Crippen molar-refractivity contribution in [2.75, 3.05) is 11.9 Å². The number of hydrogen-bond donors (Lipinski definition) is 1. The van der Waals surface area contributed by atoms with Crippen LogP contribution in [0.5, 0.6) is 0 Å². The van der Waals surface area contributed by atoms with Crippen LogP contribution in [0, 0.1) is 11.2 Å². The molecule has 0 radical (unpaired) electrons. The molecule has 1 N–H and O–H groups in total. The third-order valence-corrected chi connectivity index (χ3v) is 4.68. The van der Waals surface area contributed by atoms with E-state index in [4.69, 9.17) is 0 Å². The first-order valence-corrected chi connectivity index (χ1v) is 7.50. The molecule has 1 aromatic carbocycles. The Bertz CT molecular complexity index is 460. The maximum atomic E-state index is 13.4. The molecule has 0 amide bonds. The summed E-state index contributed by atoms with van der Waals surface area (Å²) >= 11 is 0. The monoisotopic (exact) mass is 279 g/mol. The first kappa shape index (κ1) is 15.3. The van der Waals surface area contributed by atoms with Gasteiger partial charge in [-0.1, -0.05) is 13.8 Å². The zero-order valence-corrected chi connectivity index (χ0v) is 13.0. The molecule has 0 unspecified atom stereocenters. The third-order valence-electron chi connectivity index (χ3n) is 4.68. The fraction of sp³-hybridized carbons (Fsp3) is 0.647. The number of halogens is 1. The molecule has 2 nitrogen and oxygen atoms in total. The fourth-order valence-electron chi connectivity index (χ4n) is 3.15. The molecule has 0 heterocycles. The minimum Gasteiger partial charge on any atom is -0.389 e. The van der Waals surface area contributed by atoms with Crippen molar-refractivity contribution in [1.82, 2.24) is 0 Å². The van der Waals surface area contributed by atoms with E-state index in [0.717, 1.165) is 18.5 Å². The van der Waals surface area contributed by atoms with Crippen LogP contribution in [0.2, 0.25) is 0 Å². The average molecular weight is 279 g/mol.